The van der Waals surface area contributed by atoms with Crippen LogP contribution < -0.4 is 5.32 Å². The molecule has 13 heteroatoms. The first-order chi connectivity index (χ1) is 18.7. The molecule has 1 fully saturated rings. The summed E-state index contributed by atoms with van der Waals surface area (Å²) >= 11 is 1.26. The van der Waals surface area contributed by atoms with Crippen molar-refractivity contribution in [1.82, 2.24) is 25.1 Å². The second-order valence-electron chi connectivity index (χ2n) is 8.91. The summed E-state index contributed by atoms with van der Waals surface area (Å²) in [5, 5.41) is 22.0. The average Bonchev–Trinajstić information content (AvgIpc) is 2.94. The van der Waals surface area contributed by atoms with Crippen LogP contribution in [-0.4, -0.2) is 105 Å². The van der Waals surface area contributed by atoms with Crippen molar-refractivity contribution in [3.8, 4) is 11.4 Å². The number of aliphatic hydroxyl groups is 1. The van der Waals surface area contributed by atoms with E-state index >= 15 is 0 Å². The SMILES string of the molecule is CCOC(=O)N1CCN(C(=O)[C@H](CCC(=O)O)NC(=O)c2cc(SCC(C)O)nc(-c3ccccc3)n2)CC1. The summed E-state index contributed by atoms with van der Waals surface area (Å²) in [6, 6.07) is 9.45. The minimum absolute atomic E-state index is 0.0113. The van der Waals surface area contributed by atoms with E-state index in [4.69, 9.17) is 4.74 Å². The lowest BCUT2D eigenvalue weighted by molar-refractivity contribution is -0.138. The Morgan fingerprint density at radius 2 is 1.74 bits per heavy atom. The molecule has 210 valence electrons. The Kier molecular flexibility index (Phi) is 11.1. The number of aliphatic hydroxyl groups excluding tert-OH is 1. The number of piperazine rings is 1. The number of carboxylic acids is 1. The van der Waals surface area contributed by atoms with Gasteiger partial charge in [-0.1, -0.05) is 30.3 Å². The van der Waals surface area contributed by atoms with Crippen molar-refractivity contribution in [2.45, 2.75) is 43.9 Å². The summed E-state index contributed by atoms with van der Waals surface area (Å²) in [6.45, 7) is 4.58. The molecule has 3 rings (SSSR count). The molecule has 1 aromatic carbocycles. The maximum Gasteiger partial charge on any atom is 0.409 e. The van der Waals surface area contributed by atoms with Crippen LogP contribution in [0, 0.1) is 0 Å². The number of hydrogen-bond acceptors (Lipinski definition) is 9. The van der Waals surface area contributed by atoms with E-state index in [2.05, 4.69) is 15.3 Å². The van der Waals surface area contributed by atoms with Gasteiger partial charge in [0.05, 0.1) is 12.7 Å². The molecule has 12 nitrogen and oxygen atoms in total. The van der Waals surface area contributed by atoms with Crippen LogP contribution in [0.4, 0.5) is 4.79 Å². The van der Waals surface area contributed by atoms with E-state index in [0.717, 1.165) is 0 Å². The van der Waals surface area contributed by atoms with Gasteiger partial charge in [0, 0.05) is 50.0 Å². The third-order valence-electron chi connectivity index (χ3n) is 5.81. The minimum atomic E-state index is -1.11. The number of carbonyl (C=O) groups excluding carboxylic acids is 3. The summed E-state index contributed by atoms with van der Waals surface area (Å²) in [5.41, 5.74) is 0.696. The number of aromatic nitrogens is 2. The molecule has 0 aliphatic carbocycles. The third-order valence-corrected chi connectivity index (χ3v) is 6.96. The number of carbonyl (C=O) groups is 4. The van der Waals surface area contributed by atoms with Crippen LogP contribution in [0.3, 0.4) is 0 Å². The molecular weight excluding hydrogens is 526 g/mol. The third kappa shape index (κ3) is 8.93. The van der Waals surface area contributed by atoms with Crippen LogP contribution in [0.25, 0.3) is 11.4 Å². The topological polar surface area (TPSA) is 162 Å². The summed E-state index contributed by atoms with van der Waals surface area (Å²) in [5.74, 6) is -1.53. The number of benzene rings is 1. The highest BCUT2D eigenvalue weighted by molar-refractivity contribution is 7.99. The average molecular weight is 560 g/mol. The van der Waals surface area contributed by atoms with Gasteiger partial charge in [0.2, 0.25) is 5.91 Å². The normalized spacial score (nSPS) is 14.8. The number of aliphatic carboxylic acids is 1. The van der Waals surface area contributed by atoms with Gasteiger partial charge in [0.15, 0.2) is 5.82 Å². The molecule has 2 heterocycles. The number of ether oxygens (including phenoxy) is 1. The first kappa shape index (κ1) is 29.8. The second kappa shape index (κ2) is 14.4. The van der Waals surface area contributed by atoms with Crippen molar-refractivity contribution in [2.75, 3.05) is 38.5 Å². The van der Waals surface area contributed by atoms with Gasteiger partial charge in [-0.15, -0.1) is 11.8 Å². The number of amides is 3. The summed E-state index contributed by atoms with van der Waals surface area (Å²) in [7, 11) is 0. The van der Waals surface area contributed by atoms with E-state index in [9.17, 15) is 29.4 Å². The van der Waals surface area contributed by atoms with Crippen molar-refractivity contribution in [1.29, 1.82) is 0 Å². The fourth-order valence-corrected chi connectivity index (χ4v) is 4.60. The lowest BCUT2D eigenvalue weighted by Gasteiger charge is -2.35. The number of hydrogen-bond donors (Lipinski definition) is 3. The van der Waals surface area contributed by atoms with Crippen LogP contribution in [0.15, 0.2) is 41.4 Å². The molecule has 3 N–H and O–H groups in total. The molecule has 3 amide bonds. The van der Waals surface area contributed by atoms with Gasteiger partial charge in [-0.3, -0.25) is 14.4 Å². The molecule has 0 saturated carbocycles. The predicted octanol–water partition coefficient (Wildman–Crippen LogP) is 1.88. The zero-order valence-corrected chi connectivity index (χ0v) is 22.7. The predicted molar refractivity (Wildman–Crippen MR) is 143 cm³/mol. The van der Waals surface area contributed by atoms with E-state index in [-0.39, 0.29) is 51.3 Å². The molecule has 2 atom stereocenters. The Morgan fingerprint density at radius 1 is 1.08 bits per heavy atom. The number of carboxylic acid groups (broad SMARTS) is 1. The highest BCUT2D eigenvalue weighted by Crippen LogP contribution is 2.22. The fraction of sp³-hybridized carbons (Fsp3) is 0.462. The van der Waals surface area contributed by atoms with Crippen molar-refractivity contribution in [3.05, 3.63) is 42.1 Å². The van der Waals surface area contributed by atoms with E-state index in [1.54, 1.807) is 26.0 Å². The van der Waals surface area contributed by atoms with E-state index in [1.165, 1.54) is 27.6 Å². The maximum absolute atomic E-state index is 13.3. The lowest BCUT2D eigenvalue weighted by Crippen LogP contribution is -2.56. The second-order valence-corrected chi connectivity index (χ2v) is 9.95. The van der Waals surface area contributed by atoms with E-state index in [0.29, 0.717) is 22.2 Å². The number of rotatable bonds is 11. The number of nitrogens with one attached hydrogen (secondary N) is 1. The molecule has 1 saturated heterocycles. The van der Waals surface area contributed by atoms with E-state index < -0.39 is 36.0 Å². The van der Waals surface area contributed by atoms with Crippen LogP contribution >= 0.6 is 11.8 Å². The Hall–Kier alpha value is -3.71. The number of nitrogens with zero attached hydrogens (tertiary/aromatic N) is 4. The highest BCUT2D eigenvalue weighted by atomic mass is 32.2. The first-order valence-corrected chi connectivity index (χ1v) is 13.6. The quantitative estimate of drug-likeness (QED) is 0.274. The van der Waals surface area contributed by atoms with Gasteiger partial charge >= 0.3 is 12.1 Å². The number of thioether (sulfide) groups is 1. The Balaban J connectivity index is 1.79. The fourth-order valence-electron chi connectivity index (χ4n) is 3.84. The summed E-state index contributed by atoms with van der Waals surface area (Å²) in [4.78, 5) is 61.8. The van der Waals surface area contributed by atoms with Gasteiger partial charge in [-0.25, -0.2) is 14.8 Å². The van der Waals surface area contributed by atoms with Crippen molar-refractivity contribution in [3.63, 3.8) is 0 Å². The van der Waals surface area contributed by atoms with E-state index in [1.807, 2.05) is 18.2 Å². The van der Waals surface area contributed by atoms with Gasteiger partial charge in [0.1, 0.15) is 16.8 Å². The van der Waals surface area contributed by atoms with Crippen molar-refractivity contribution in [2.24, 2.45) is 0 Å². The largest absolute Gasteiger partial charge is 0.481 e. The lowest BCUT2D eigenvalue weighted by atomic mass is 10.1. The van der Waals surface area contributed by atoms with Crippen LogP contribution in [-0.2, 0) is 14.3 Å². The minimum Gasteiger partial charge on any atom is -0.481 e. The molecule has 0 spiro atoms. The molecular formula is C26H33N5O7S. The molecule has 1 aliphatic heterocycles. The van der Waals surface area contributed by atoms with Crippen LogP contribution in [0.1, 0.15) is 37.2 Å². The van der Waals surface area contributed by atoms with Crippen molar-refractivity contribution >= 4 is 35.6 Å². The maximum atomic E-state index is 13.3. The standard InChI is InChI=1S/C26H33N5O7S/c1-3-38-26(37)31-13-11-30(12-14-31)25(36)19(9-10-22(33)34)28-24(35)20-15-21(39-16-17(2)32)29-23(27-20)18-7-5-4-6-8-18/h4-8,15,17,19,32H,3,9-14,16H2,1-2H3,(H,28,35)(H,33,34)/t17?,19-/m0/s1. The first-order valence-electron chi connectivity index (χ1n) is 12.7. The molecule has 1 aliphatic rings. The molecule has 0 radical (unpaired) electrons. The van der Waals surface area contributed by atoms with Gasteiger partial charge in [-0.2, -0.15) is 0 Å². The monoisotopic (exact) mass is 559 g/mol. The molecule has 0 bridgehead atoms. The Morgan fingerprint density at radius 3 is 2.36 bits per heavy atom. The highest BCUT2D eigenvalue weighted by Gasteiger charge is 2.31. The smallest absolute Gasteiger partial charge is 0.409 e. The molecule has 1 unspecified atom stereocenters. The van der Waals surface area contributed by atoms with Crippen molar-refractivity contribution < 1.29 is 34.1 Å². The Bertz CT molecular complexity index is 1160. The van der Waals surface area contributed by atoms with Gasteiger partial charge < -0.3 is 30.1 Å². The molecule has 39 heavy (non-hydrogen) atoms. The zero-order valence-electron chi connectivity index (χ0n) is 21.9. The summed E-state index contributed by atoms with van der Waals surface area (Å²) < 4.78 is 5.01. The summed E-state index contributed by atoms with van der Waals surface area (Å²) in [6.07, 6.45) is -1.49. The molecule has 2 aromatic rings. The Labute approximate surface area is 230 Å². The van der Waals surface area contributed by atoms with Crippen LogP contribution in [0.2, 0.25) is 0 Å². The van der Waals surface area contributed by atoms with Gasteiger partial charge in [-0.05, 0) is 20.3 Å². The zero-order chi connectivity index (χ0) is 28.4. The van der Waals surface area contributed by atoms with Gasteiger partial charge in [0.25, 0.3) is 5.91 Å². The van der Waals surface area contributed by atoms with Crippen LogP contribution in [0.5, 0.6) is 0 Å². The molecule has 1 aromatic heterocycles.